The lowest BCUT2D eigenvalue weighted by atomic mass is 10.1. The number of nitrogens with zero attached hydrogens (tertiary/aromatic N) is 2. The van der Waals surface area contributed by atoms with Crippen molar-refractivity contribution in [1.29, 1.82) is 0 Å². The summed E-state index contributed by atoms with van der Waals surface area (Å²) in [5, 5.41) is 12.9. The number of aromatic hydroxyl groups is 1. The summed E-state index contributed by atoms with van der Waals surface area (Å²) in [6, 6.07) is 10.3. The second-order valence-electron chi connectivity index (χ2n) is 5.72. The molecule has 0 unspecified atom stereocenters. The average Bonchev–Trinajstić information content (AvgIpc) is 2.53. The Morgan fingerprint density at radius 2 is 2.04 bits per heavy atom. The maximum atomic E-state index is 12.5. The molecule has 0 radical (unpaired) electrons. The molecule has 1 amide bonds. The zero-order valence-corrected chi connectivity index (χ0v) is 13.4. The Morgan fingerprint density at radius 1 is 1.25 bits per heavy atom. The molecular formula is C18H17N3O3. The van der Waals surface area contributed by atoms with Crippen molar-refractivity contribution < 1.29 is 9.90 Å². The third-order valence-corrected chi connectivity index (χ3v) is 3.80. The number of aryl methyl sites for hydroxylation is 2. The predicted molar refractivity (Wildman–Crippen MR) is 92.2 cm³/mol. The number of phenolic OH excluding ortho intramolecular Hbond substituents is 1. The SMILES string of the molecule is Cc1ccc(NC(=O)Cn2cnc3c(C)cccc3c2=O)c(O)c1. The van der Waals surface area contributed by atoms with Gasteiger partial charge in [0.15, 0.2) is 0 Å². The fourth-order valence-corrected chi connectivity index (χ4v) is 2.54. The number of phenols is 1. The van der Waals surface area contributed by atoms with Crippen molar-refractivity contribution >= 4 is 22.5 Å². The first-order valence-electron chi connectivity index (χ1n) is 7.50. The third-order valence-electron chi connectivity index (χ3n) is 3.80. The Hall–Kier alpha value is -3.15. The van der Waals surface area contributed by atoms with Gasteiger partial charge in [-0.05, 0) is 43.2 Å². The second-order valence-corrected chi connectivity index (χ2v) is 5.72. The van der Waals surface area contributed by atoms with Crippen molar-refractivity contribution in [3.05, 3.63) is 64.2 Å². The van der Waals surface area contributed by atoms with Crippen LogP contribution in [0.25, 0.3) is 10.9 Å². The minimum Gasteiger partial charge on any atom is -0.506 e. The lowest BCUT2D eigenvalue weighted by Gasteiger charge is -2.10. The molecule has 0 aliphatic rings. The molecule has 1 aromatic heterocycles. The van der Waals surface area contributed by atoms with Crippen LogP contribution in [-0.4, -0.2) is 20.6 Å². The number of aromatic nitrogens is 2. The van der Waals surface area contributed by atoms with Crippen LogP contribution in [0.2, 0.25) is 0 Å². The van der Waals surface area contributed by atoms with E-state index in [0.717, 1.165) is 11.1 Å². The highest BCUT2D eigenvalue weighted by Gasteiger charge is 2.11. The highest BCUT2D eigenvalue weighted by atomic mass is 16.3. The topological polar surface area (TPSA) is 84.2 Å². The van der Waals surface area contributed by atoms with Crippen LogP contribution in [0.15, 0.2) is 47.5 Å². The molecule has 6 nitrogen and oxygen atoms in total. The summed E-state index contributed by atoms with van der Waals surface area (Å²) in [5.74, 6) is -0.423. The van der Waals surface area contributed by atoms with Crippen molar-refractivity contribution in [3.63, 3.8) is 0 Å². The number of benzene rings is 2. The van der Waals surface area contributed by atoms with Crippen LogP contribution in [0, 0.1) is 13.8 Å². The summed E-state index contributed by atoms with van der Waals surface area (Å²) in [6.45, 7) is 3.54. The van der Waals surface area contributed by atoms with Crippen molar-refractivity contribution in [1.82, 2.24) is 9.55 Å². The van der Waals surface area contributed by atoms with Crippen LogP contribution in [-0.2, 0) is 11.3 Å². The number of fused-ring (bicyclic) bond motifs is 1. The Kier molecular flexibility index (Phi) is 4.04. The molecule has 1 heterocycles. The van der Waals surface area contributed by atoms with E-state index in [1.165, 1.54) is 10.9 Å². The number of rotatable bonds is 3. The molecule has 0 atom stereocenters. The van der Waals surface area contributed by atoms with E-state index in [9.17, 15) is 14.7 Å². The monoisotopic (exact) mass is 323 g/mol. The maximum absolute atomic E-state index is 12.5. The van der Waals surface area contributed by atoms with E-state index in [1.807, 2.05) is 19.9 Å². The summed E-state index contributed by atoms with van der Waals surface area (Å²) >= 11 is 0. The molecule has 3 rings (SSSR count). The zero-order valence-electron chi connectivity index (χ0n) is 13.4. The van der Waals surface area contributed by atoms with Gasteiger partial charge in [-0.25, -0.2) is 4.98 Å². The van der Waals surface area contributed by atoms with Crippen molar-refractivity contribution in [3.8, 4) is 5.75 Å². The predicted octanol–water partition coefficient (Wildman–Crippen LogP) is 2.36. The van der Waals surface area contributed by atoms with E-state index in [0.29, 0.717) is 16.6 Å². The van der Waals surface area contributed by atoms with E-state index in [2.05, 4.69) is 10.3 Å². The molecule has 0 saturated carbocycles. The van der Waals surface area contributed by atoms with Crippen molar-refractivity contribution in [2.45, 2.75) is 20.4 Å². The standard InChI is InChI=1S/C18H17N3O3/c1-11-6-7-14(15(22)8-11)20-16(23)9-21-10-19-17-12(2)4-3-5-13(17)18(21)24/h3-8,10,22H,9H2,1-2H3,(H,20,23). The number of carbonyl (C=O) groups excluding carboxylic acids is 1. The molecule has 0 spiro atoms. The van der Waals surface area contributed by atoms with Crippen molar-refractivity contribution in [2.75, 3.05) is 5.32 Å². The van der Waals surface area contributed by atoms with Gasteiger partial charge in [0.1, 0.15) is 12.3 Å². The fourth-order valence-electron chi connectivity index (χ4n) is 2.54. The van der Waals surface area contributed by atoms with E-state index >= 15 is 0 Å². The van der Waals surface area contributed by atoms with Gasteiger partial charge in [-0.2, -0.15) is 0 Å². The number of amides is 1. The molecular weight excluding hydrogens is 306 g/mol. The Bertz CT molecular complexity index is 992. The molecule has 24 heavy (non-hydrogen) atoms. The Balaban J connectivity index is 1.86. The summed E-state index contributed by atoms with van der Waals surface area (Å²) in [6.07, 6.45) is 1.37. The summed E-state index contributed by atoms with van der Waals surface area (Å²) < 4.78 is 1.25. The van der Waals surface area contributed by atoms with E-state index < -0.39 is 5.91 Å². The molecule has 0 saturated heterocycles. The lowest BCUT2D eigenvalue weighted by Crippen LogP contribution is -2.28. The van der Waals surface area contributed by atoms with Gasteiger partial charge in [0.25, 0.3) is 5.56 Å². The highest BCUT2D eigenvalue weighted by molar-refractivity contribution is 5.92. The number of nitrogens with one attached hydrogen (secondary N) is 1. The molecule has 2 N–H and O–H groups in total. The number of hydrogen-bond acceptors (Lipinski definition) is 4. The van der Waals surface area contributed by atoms with Gasteiger partial charge in [-0.15, -0.1) is 0 Å². The summed E-state index contributed by atoms with van der Waals surface area (Å²) in [5.41, 5.74) is 2.46. The molecule has 3 aromatic rings. The number of para-hydroxylation sites is 1. The number of hydrogen-bond donors (Lipinski definition) is 2. The van der Waals surface area contributed by atoms with Gasteiger partial charge in [0.2, 0.25) is 5.91 Å². The van der Waals surface area contributed by atoms with Gasteiger partial charge >= 0.3 is 0 Å². The Morgan fingerprint density at radius 3 is 2.79 bits per heavy atom. The largest absolute Gasteiger partial charge is 0.506 e. The Labute approximate surface area is 138 Å². The van der Waals surface area contributed by atoms with Crippen LogP contribution >= 0.6 is 0 Å². The van der Waals surface area contributed by atoms with Gasteiger partial charge in [0, 0.05) is 0 Å². The minimum atomic E-state index is -0.412. The summed E-state index contributed by atoms with van der Waals surface area (Å²) in [4.78, 5) is 28.9. The number of carbonyl (C=O) groups is 1. The fraction of sp³-hybridized carbons (Fsp3) is 0.167. The maximum Gasteiger partial charge on any atom is 0.261 e. The lowest BCUT2D eigenvalue weighted by molar-refractivity contribution is -0.116. The summed E-state index contributed by atoms with van der Waals surface area (Å²) in [7, 11) is 0. The normalized spacial score (nSPS) is 10.8. The smallest absolute Gasteiger partial charge is 0.261 e. The van der Waals surface area contributed by atoms with Gasteiger partial charge < -0.3 is 10.4 Å². The van der Waals surface area contributed by atoms with Crippen LogP contribution in [0.5, 0.6) is 5.75 Å². The zero-order chi connectivity index (χ0) is 17.3. The molecule has 2 aromatic carbocycles. The van der Waals surface area contributed by atoms with Crippen LogP contribution < -0.4 is 10.9 Å². The van der Waals surface area contributed by atoms with Crippen LogP contribution in [0.1, 0.15) is 11.1 Å². The van der Waals surface area contributed by atoms with E-state index in [-0.39, 0.29) is 17.9 Å². The highest BCUT2D eigenvalue weighted by Crippen LogP contribution is 2.23. The first-order chi connectivity index (χ1) is 11.5. The van der Waals surface area contributed by atoms with Crippen LogP contribution in [0.4, 0.5) is 5.69 Å². The first-order valence-corrected chi connectivity index (χ1v) is 7.50. The minimum absolute atomic E-state index is 0.0111. The molecule has 122 valence electrons. The second kappa shape index (κ2) is 6.16. The molecule has 0 bridgehead atoms. The van der Waals surface area contributed by atoms with E-state index in [1.54, 1.807) is 30.3 Å². The molecule has 6 heteroatoms. The molecule has 0 fully saturated rings. The van der Waals surface area contributed by atoms with Gasteiger partial charge in [-0.3, -0.25) is 14.2 Å². The van der Waals surface area contributed by atoms with Crippen molar-refractivity contribution in [2.24, 2.45) is 0 Å². The molecule has 0 aliphatic heterocycles. The van der Waals surface area contributed by atoms with Crippen LogP contribution in [0.3, 0.4) is 0 Å². The molecule has 0 aliphatic carbocycles. The number of anilines is 1. The van der Waals surface area contributed by atoms with Gasteiger partial charge in [0.05, 0.1) is 22.9 Å². The quantitative estimate of drug-likeness (QED) is 0.725. The van der Waals surface area contributed by atoms with E-state index in [4.69, 9.17) is 0 Å². The first kappa shape index (κ1) is 15.7. The third kappa shape index (κ3) is 2.99. The van der Waals surface area contributed by atoms with Gasteiger partial charge in [-0.1, -0.05) is 18.2 Å². The average molecular weight is 323 g/mol.